The largest absolute Gasteiger partial charge is 0.382 e. The van der Waals surface area contributed by atoms with Crippen LogP contribution in [-0.2, 0) is 9.53 Å². The van der Waals surface area contributed by atoms with Crippen molar-refractivity contribution in [2.45, 2.75) is 38.8 Å². The summed E-state index contributed by atoms with van der Waals surface area (Å²) < 4.78 is 13.1. The normalized spacial score (nSPS) is 46.2. The molecule has 0 aromatic carbocycles. The first-order valence-electron chi connectivity index (χ1n) is 5.12. The molecule has 0 radical (unpaired) electrons. The average molecular weight is 187 g/mol. The molecule has 13 heavy (non-hydrogen) atoms. The zero-order chi connectivity index (χ0) is 11.0. The number of hydrogen-bond acceptors (Lipinski definition) is 3. The van der Waals surface area contributed by atoms with Crippen LogP contribution in [0.4, 0.5) is 0 Å². The highest BCUT2D eigenvalue weighted by atomic mass is 16.5. The topological polar surface area (TPSA) is 38.3 Å². The van der Waals surface area contributed by atoms with Crippen LogP contribution in [0.5, 0.6) is 0 Å². The van der Waals surface area contributed by atoms with Gasteiger partial charge in [-0.1, -0.05) is 6.92 Å². The Kier molecular flexibility index (Phi) is 2.65. The number of rotatable bonds is 3. The van der Waals surface area contributed by atoms with Gasteiger partial charge in [0.2, 0.25) is 0 Å². The summed E-state index contributed by atoms with van der Waals surface area (Å²) in [4.78, 5) is 11.6. The molecule has 1 saturated heterocycles. The standard InChI is InChI=1S/C10H19NO2/c1-7-5-10(6-13-4,9(3)12)11-8(7)2/h7-8,11H,5-6H2,1-4H3/i7T. The van der Waals surface area contributed by atoms with E-state index in [1.165, 1.54) is 0 Å². The third-order valence-electron chi connectivity index (χ3n) is 2.88. The molecule has 0 bridgehead atoms. The minimum Gasteiger partial charge on any atom is -0.382 e. The van der Waals surface area contributed by atoms with E-state index in [0.29, 0.717) is 13.0 Å². The van der Waals surface area contributed by atoms with Crippen LogP contribution in [0.25, 0.3) is 0 Å². The van der Waals surface area contributed by atoms with Crippen LogP contribution in [-0.4, -0.2) is 31.1 Å². The average Bonchev–Trinajstić information content (AvgIpc) is 2.24. The highest BCUT2D eigenvalue weighted by Crippen LogP contribution is 2.29. The van der Waals surface area contributed by atoms with E-state index in [2.05, 4.69) is 5.32 Å². The summed E-state index contributed by atoms with van der Waals surface area (Å²) in [6, 6.07) is 0.0153. The molecular formula is C10H19NO2. The van der Waals surface area contributed by atoms with E-state index < -0.39 is 11.4 Å². The van der Waals surface area contributed by atoms with Crippen molar-refractivity contribution in [1.82, 2.24) is 5.32 Å². The first-order valence-corrected chi connectivity index (χ1v) is 4.62. The smallest absolute Gasteiger partial charge is 0.152 e. The van der Waals surface area contributed by atoms with Crippen molar-refractivity contribution < 1.29 is 10.9 Å². The van der Waals surface area contributed by atoms with Gasteiger partial charge in [-0.15, -0.1) is 0 Å². The van der Waals surface area contributed by atoms with Crippen LogP contribution < -0.4 is 5.32 Å². The molecular weight excluding hydrogens is 166 g/mol. The van der Waals surface area contributed by atoms with Gasteiger partial charge in [-0.2, -0.15) is 0 Å². The molecule has 0 aromatic rings. The molecule has 1 fully saturated rings. The Balaban J connectivity index is 2.89. The van der Waals surface area contributed by atoms with E-state index in [1.54, 1.807) is 14.0 Å². The van der Waals surface area contributed by atoms with Crippen molar-refractivity contribution in [2.24, 2.45) is 5.89 Å². The van der Waals surface area contributed by atoms with Gasteiger partial charge in [0.15, 0.2) is 5.78 Å². The Morgan fingerprint density at radius 3 is 2.69 bits per heavy atom. The lowest BCUT2D eigenvalue weighted by Crippen LogP contribution is -2.51. The SMILES string of the molecule is [3H]C1(C)CC(COC)(C(C)=O)NC1C. The fourth-order valence-electron chi connectivity index (χ4n) is 1.88. The maximum Gasteiger partial charge on any atom is 0.152 e. The lowest BCUT2D eigenvalue weighted by atomic mass is 9.90. The fraction of sp³-hybridized carbons (Fsp3) is 0.900. The Morgan fingerprint density at radius 1 is 1.77 bits per heavy atom. The molecule has 0 spiro atoms. The number of methoxy groups -OCH3 is 1. The van der Waals surface area contributed by atoms with Crippen LogP contribution in [0.2, 0.25) is 0 Å². The number of ketones is 1. The lowest BCUT2D eigenvalue weighted by Gasteiger charge is -2.26. The van der Waals surface area contributed by atoms with Gasteiger partial charge in [0.05, 0.1) is 6.61 Å². The molecule has 0 aliphatic carbocycles. The van der Waals surface area contributed by atoms with Crippen LogP contribution in [0, 0.1) is 5.89 Å². The number of hydrogen-bond donors (Lipinski definition) is 1. The fourth-order valence-corrected chi connectivity index (χ4v) is 1.88. The lowest BCUT2D eigenvalue weighted by molar-refractivity contribution is -0.125. The first-order chi connectivity index (χ1) is 6.34. The van der Waals surface area contributed by atoms with Gasteiger partial charge >= 0.3 is 0 Å². The number of ether oxygens (including phenoxy) is 1. The summed E-state index contributed by atoms with van der Waals surface area (Å²) in [5, 5.41) is 3.20. The van der Waals surface area contributed by atoms with E-state index in [0.717, 1.165) is 0 Å². The van der Waals surface area contributed by atoms with Crippen molar-refractivity contribution in [2.75, 3.05) is 13.7 Å². The van der Waals surface area contributed by atoms with Gasteiger partial charge in [0, 0.05) is 14.5 Å². The predicted molar refractivity (Wildman–Crippen MR) is 51.7 cm³/mol. The summed E-state index contributed by atoms with van der Waals surface area (Å²) in [7, 11) is 1.58. The van der Waals surface area contributed by atoms with E-state index in [-0.39, 0.29) is 11.8 Å². The Bertz CT molecular complexity index is 242. The second kappa shape index (κ2) is 3.76. The molecule has 1 aliphatic heterocycles. The second-order valence-electron chi connectivity index (χ2n) is 3.96. The third kappa shape index (κ3) is 1.92. The molecule has 3 unspecified atom stereocenters. The quantitative estimate of drug-likeness (QED) is 0.715. The molecule has 1 rings (SSSR count). The summed E-state index contributed by atoms with van der Waals surface area (Å²) in [6.45, 7) is 5.69. The first kappa shape index (κ1) is 9.16. The minimum absolute atomic E-state index is 0.0153. The zero-order valence-electron chi connectivity index (χ0n) is 9.81. The van der Waals surface area contributed by atoms with Crippen molar-refractivity contribution in [3.63, 3.8) is 0 Å². The number of nitrogens with one attached hydrogen (secondary N) is 1. The highest BCUT2D eigenvalue weighted by Gasteiger charge is 2.44. The van der Waals surface area contributed by atoms with Crippen LogP contribution in [0.15, 0.2) is 0 Å². The molecule has 1 aliphatic rings. The van der Waals surface area contributed by atoms with Gasteiger partial charge in [0.1, 0.15) is 5.54 Å². The summed E-state index contributed by atoms with van der Waals surface area (Å²) >= 11 is 0. The highest BCUT2D eigenvalue weighted by molar-refractivity contribution is 5.86. The Labute approximate surface area is 81.2 Å². The molecule has 0 saturated carbocycles. The maximum absolute atomic E-state index is 11.6. The van der Waals surface area contributed by atoms with Crippen LogP contribution in [0.1, 0.15) is 28.6 Å². The van der Waals surface area contributed by atoms with Gasteiger partial charge in [-0.05, 0) is 26.2 Å². The zero-order valence-corrected chi connectivity index (χ0v) is 8.81. The molecule has 3 nitrogen and oxygen atoms in total. The molecule has 0 aromatic heterocycles. The van der Waals surface area contributed by atoms with Crippen molar-refractivity contribution in [1.29, 1.82) is 0 Å². The molecule has 1 N–H and O–H groups in total. The Hall–Kier alpha value is -0.410. The monoisotopic (exact) mass is 187 g/mol. The van der Waals surface area contributed by atoms with Crippen molar-refractivity contribution >= 4 is 5.78 Å². The maximum atomic E-state index is 11.6. The minimum atomic E-state index is -0.648. The summed E-state index contributed by atoms with van der Waals surface area (Å²) in [5.74, 6) is -0.535. The van der Waals surface area contributed by atoms with Crippen LogP contribution in [0.3, 0.4) is 0 Å². The number of carbonyl (C=O) groups is 1. The van der Waals surface area contributed by atoms with E-state index in [1.807, 2.05) is 13.8 Å². The number of Topliss-reactive ketones (excluding diaryl/α,β-unsaturated/α-hetero) is 1. The van der Waals surface area contributed by atoms with Crippen molar-refractivity contribution in [3.05, 3.63) is 0 Å². The predicted octanol–water partition coefficient (Wildman–Crippen LogP) is 0.978. The molecule has 3 atom stereocenters. The van der Waals surface area contributed by atoms with Gasteiger partial charge in [0.25, 0.3) is 0 Å². The molecule has 76 valence electrons. The number of carbonyl (C=O) groups excluding carboxylic acids is 1. The summed E-state index contributed by atoms with van der Waals surface area (Å²) in [5.41, 5.74) is -0.648. The third-order valence-corrected chi connectivity index (χ3v) is 2.88. The van der Waals surface area contributed by atoms with Gasteiger partial charge in [-0.3, -0.25) is 4.79 Å². The van der Waals surface area contributed by atoms with E-state index in [4.69, 9.17) is 6.11 Å². The second-order valence-corrected chi connectivity index (χ2v) is 3.96. The molecule has 3 heteroatoms. The van der Waals surface area contributed by atoms with Crippen LogP contribution >= 0.6 is 0 Å². The molecule has 1 heterocycles. The Morgan fingerprint density at radius 2 is 2.38 bits per heavy atom. The summed E-state index contributed by atoms with van der Waals surface area (Å²) in [6.07, 6.45) is 0.518. The van der Waals surface area contributed by atoms with Crippen molar-refractivity contribution in [3.8, 4) is 0 Å². The van der Waals surface area contributed by atoms with Gasteiger partial charge in [-0.25, -0.2) is 0 Å². The van der Waals surface area contributed by atoms with E-state index >= 15 is 0 Å². The molecule has 0 amide bonds. The van der Waals surface area contributed by atoms with Gasteiger partial charge < -0.3 is 10.1 Å². The van der Waals surface area contributed by atoms with E-state index in [9.17, 15) is 4.79 Å².